The summed E-state index contributed by atoms with van der Waals surface area (Å²) in [6.07, 6.45) is 1.45. The molecule has 6 nitrogen and oxygen atoms in total. The summed E-state index contributed by atoms with van der Waals surface area (Å²) in [5.41, 5.74) is 3.27. The third-order valence-corrected chi connectivity index (χ3v) is 5.86. The van der Waals surface area contributed by atoms with Crippen LogP contribution in [0.3, 0.4) is 0 Å². The minimum Gasteiger partial charge on any atom is -0.485 e. The largest absolute Gasteiger partial charge is 0.485 e. The average Bonchev–Trinajstić information content (AvgIpc) is 3.52. The predicted octanol–water partition coefficient (Wildman–Crippen LogP) is 5.32. The van der Waals surface area contributed by atoms with Crippen molar-refractivity contribution in [3.63, 3.8) is 0 Å². The van der Waals surface area contributed by atoms with Crippen LogP contribution in [0.4, 0.5) is 5.69 Å². The Morgan fingerprint density at radius 1 is 1.10 bits per heavy atom. The number of furan rings is 1. The summed E-state index contributed by atoms with van der Waals surface area (Å²) in [5.74, 6) is 0.395. The summed E-state index contributed by atoms with van der Waals surface area (Å²) >= 11 is 1.70. The van der Waals surface area contributed by atoms with Crippen LogP contribution in [0.15, 0.2) is 70.7 Å². The van der Waals surface area contributed by atoms with E-state index >= 15 is 0 Å². The van der Waals surface area contributed by atoms with Crippen LogP contribution in [0.1, 0.15) is 37.2 Å². The van der Waals surface area contributed by atoms with Crippen LogP contribution in [0.25, 0.3) is 0 Å². The van der Waals surface area contributed by atoms with Gasteiger partial charge >= 0.3 is 0 Å². The van der Waals surface area contributed by atoms with Crippen LogP contribution in [0.2, 0.25) is 0 Å². The van der Waals surface area contributed by atoms with E-state index in [1.165, 1.54) is 11.1 Å². The second-order valence-corrected chi connectivity index (χ2v) is 8.15. The maximum atomic E-state index is 12.7. The number of hydrogen-bond donors (Lipinski definition) is 1. The van der Waals surface area contributed by atoms with E-state index < -0.39 is 0 Å². The Labute approximate surface area is 184 Å². The molecule has 3 aromatic heterocycles. The zero-order valence-corrected chi connectivity index (χ0v) is 18.1. The average molecular weight is 435 g/mol. The van der Waals surface area contributed by atoms with Gasteiger partial charge in [0.1, 0.15) is 5.75 Å². The number of aryl methyl sites for hydroxylation is 1. The molecule has 158 valence electrons. The number of nitrogens with zero attached hydrogens (tertiary/aromatic N) is 1. The number of amides is 1. The molecule has 0 atom stereocenters. The highest BCUT2D eigenvalue weighted by molar-refractivity contribution is 7.09. The van der Waals surface area contributed by atoms with Crippen LogP contribution in [-0.2, 0) is 6.54 Å². The van der Waals surface area contributed by atoms with Gasteiger partial charge in [-0.1, -0.05) is 6.07 Å². The summed E-state index contributed by atoms with van der Waals surface area (Å²) < 4.78 is 12.9. The first-order valence-electron chi connectivity index (χ1n) is 9.81. The fourth-order valence-corrected chi connectivity index (χ4v) is 4.04. The Morgan fingerprint density at radius 2 is 1.90 bits per heavy atom. The van der Waals surface area contributed by atoms with Gasteiger partial charge in [0.2, 0.25) is 5.78 Å². The fourth-order valence-electron chi connectivity index (χ4n) is 3.35. The molecule has 3 heterocycles. The maximum Gasteiger partial charge on any atom is 0.291 e. The van der Waals surface area contributed by atoms with Crippen molar-refractivity contribution in [2.45, 2.75) is 20.4 Å². The number of ketones is 1. The smallest absolute Gasteiger partial charge is 0.291 e. The topological polar surface area (TPSA) is 73.5 Å². The van der Waals surface area contributed by atoms with Crippen LogP contribution >= 0.6 is 11.3 Å². The molecule has 0 unspecified atom stereocenters. The molecular formula is C24H22N2O4S. The Kier molecular flexibility index (Phi) is 6.04. The van der Waals surface area contributed by atoms with Gasteiger partial charge in [-0.15, -0.1) is 11.3 Å². The highest BCUT2D eigenvalue weighted by atomic mass is 32.1. The maximum absolute atomic E-state index is 12.7. The van der Waals surface area contributed by atoms with E-state index in [-0.39, 0.29) is 24.1 Å². The van der Waals surface area contributed by atoms with Gasteiger partial charge in [0.25, 0.3) is 5.91 Å². The van der Waals surface area contributed by atoms with Crippen LogP contribution in [0, 0.1) is 13.8 Å². The lowest BCUT2D eigenvalue weighted by Gasteiger charge is -2.09. The van der Waals surface area contributed by atoms with Crippen molar-refractivity contribution in [3.8, 4) is 5.75 Å². The molecule has 7 heteroatoms. The normalized spacial score (nSPS) is 10.8. The van der Waals surface area contributed by atoms with Crippen molar-refractivity contribution < 1.29 is 18.7 Å². The van der Waals surface area contributed by atoms with Gasteiger partial charge in [-0.3, -0.25) is 9.59 Å². The van der Waals surface area contributed by atoms with Crippen molar-refractivity contribution in [3.05, 3.63) is 93.8 Å². The molecule has 0 fully saturated rings. The molecule has 31 heavy (non-hydrogen) atoms. The van der Waals surface area contributed by atoms with Gasteiger partial charge in [-0.25, -0.2) is 0 Å². The number of benzene rings is 1. The Morgan fingerprint density at radius 3 is 2.58 bits per heavy atom. The Balaban J connectivity index is 1.36. The number of anilines is 1. The number of aromatic nitrogens is 1. The highest BCUT2D eigenvalue weighted by Gasteiger charge is 2.17. The molecule has 1 N–H and O–H groups in total. The first kappa shape index (κ1) is 20.7. The monoisotopic (exact) mass is 434 g/mol. The van der Waals surface area contributed by atoms with E-state index in [4.69, 9.17) is 9.15 Å². The minimum absolute atomic E-state index is 0.0542. The molecule has 0 aliphatic heterocycles. The number of carbonyl (C=O) groups excluding carboxylic acids is 2. The first-order chi connectivity index (χ1) is 15.0. The quantitative estimate of drug-likeness (QED) is 0.381. The van der Waals surface area contributed by atoms with Crippen molar-refractivity contribution in [1.29, 1.82) is 0 Å². The third-order valence-electron chi connectivity index (χ3n) is 5.00. The molecule has 0 spiro atoms. The number of nitrogens with one attached hydrogen (secondary N) is 1. The number of ether oxygens (including phenoxy) is 1. The van der Waals surface area contributed by atoms with Crippen LogP contribution in [-0.4, -0.2) is 22.9 Å². The van der Waals surface area contributed by atoms with Crippen LogP contribution in [0.5, 0.6) is 5.75 Å². The number of carbonyl (C=O) groups is 2. The van der Waals surface area contributed by atoms with E-state index in [1.54, 1.807) is 47.7 Å². The molecule has 0 saturated carbocycles. The first-order valence-corrected chi connectivity index (χ1v) is 10.7. The number of thiophene rings is 1. The number of rotatable bonds is 8. The van der Waals surface area contributed by atoms with Crippen molar-refractivity contribution in [1.82, 2.24) is 4.57 Å². The zero-order valence-electron chi connectivity index (χ0n) is 17.3. The van der Waals surface area contributed by atoms with Gasteiger partial charge < -0.3 is 19.0 Å². The zero-order chi connectivity index (χ0) is 21.8. The van der Waals surface area contributed by atoms with E-state index in [0.29, 0.717) is 17.0 Å². The summed E-state index contributed by atoms with van der Waals surface area (Å²) in [7, 11) is 0. The Hall–Kier alpha value is -3.58. The summed E-state index contributed by atoms with van der Waals surface area (Å²) in [4.78, 5) is 26.0. The second kappa shape index (κ2) is 9.06. The predicted molar refractivity (Wildman–Crippen MR) is 120 cm³/mol. The van der Waals surface area contributed by atoms with Gasteiger partial charge in [0.15, 0.2) is 12.4 Å². The third kappa shape index (κ3) is 4.78. The molecule has 1 aromatic carbocycles. The molecule has 0 aliphatic rings. The standard InChI is InChI=1S/C24H22N2O4S/c1-16-13-21(17(2)26(16)14-20-5-4-12-31-20)22(27)15-30-19-9-7-18(8-10-19)25-24(28)23-6-3-11-29-23/h3-13H,14-15H2,1-2H3,(H,25,28). The van der Waals surface area contributed by atoms with Crippen molar-refractivity contribution in [2.75, 3.05) is 11.9 Å². The minimum atomic E-state index is -0.327. The van der Waals surface area contributed by atoms with E-state index in [1.807, 2.05) is 26.0 Å². The lowest BCUT2D eigenvalue weighted by molar-refractivity contribution is 0.0920. The molecule has 0 bridgehead atoms. The lowest BCUT2D eigenvalue weighted by Crippen LogP contribution is -2.13. The summed E-state index contributed by atoms with van der Waals surface area (Å²) in [5, 5.41) is 4.79. The molecule has 1 amide bonds. The number of Topliss-reactive ketones (excluding diaryl/α,β-unsaturated/α-hetero) is 1. The summed E-state index contributed by atoms with van der Waals surface area (Å²) in [6, 6.07) is 16.1. The molecular weight excluding hydrogens is 412 g/mol. The Bertz CT molecular complexity index is 1170. The van der Waals surface area contributed by atoms with Gasteiger partial charge in [0.05, 0.1) is 12.8 Å². The second-order valence-electron chi connectivity index (χ2n) is 7.12. The van der Waals surface area contributed by atoms with E-state index in [0.717, 1.165) is 17.9 Å². The van der Waals surface area contributed by atoms with Crippen molar-refractivity contribution >= 4 is 28.7 Å². The van der Waals surface area contributed by atoms with Crippen LogP contribution < -0.4 is 10.1 Å². The van der Waals surface area contributed by atoms with E-state index in [9.17, 15) is 9.59 Å². The highest BCUT2D eigenvalue weighted by Crippen LogP contribution is 2.21. The van der Waals surface area contributed by atoms with Gasteiger partial charge in [-0.05, 0) is 67.8 Å². The van der Waals surface area contributed by atoms with Gasteiger partial charge in [-0.2, -0.15) is 0 Å². The molecule has 4 aromatic rings. The van der Waals surface area contributed by atoms with E-state index in [2.05, 4.69) is 21.3 Å². The summed E-state index contributed by atoms with van der Waals surface area (Å²) in [6.45, 7) is 4.67. The molecule has 4 rings (SSSR count). The molecule has 0 saturated heterocycles. The number of hydrogen-bond acceptors (Lipinski definition) is 5. The van der Waals surface area contributed by atoms with Crippen molar-refractivity contribution in [2.24, 2.45) is 0 Å². The molecule has 0 aliphatic carbocycles. The van der Waals surface area contributed by atoms with Gasteiger partial charge in [0, 0.05) is 27.5 Å². The fraction of sp³-hybridized carbons (Fsp3) is 0.167. The SMILES string of the molecule is Cc1cc(C(=O)COc2ccc(NC(=O)c3ccco3)cc2)c(C)n1Cc1cccs1. The lowest BCUT2D eigenvalue weighted by atomic mass is 10.1. The molecule has 0 radical (unpaired) electrons.